The Kier molecular flexibility index (Phi) is 6.98. The Hall–Kier alpha value is -4.17. The fourth-order valence-electron chi connectivity index (χ4n) is 8.63. The summed E-state index contributed by atoms with van der Waals surface area (Å²) < 4.78 is 53.7. The molecule has 46 heavy (non-hydrogen) atoms. The van der Waals surface area contributed by atoms with E-state index in [2.05, 4.69) is 21.3 Å². The van der Waals surface area contributed by atoms with Crippen LogP contribution in [0, 0.1) is 24.1 Å². The predicted molar refractivity (Wildman–Crippen MR) is 167 cm³/mol. The van der Waals surface area contributed by atoms with Gasteiger partial charge in [0.25, 0.3) is 0 Å². The molecule has 0 radical (unpaired) electrons. The van der Waals surface area contributed by atoms with Crippen molar-refractivity contribution in [3.05, 3.63) is 71.1 Å². The van der Waals surface area contributed by atoms with Gasteiger partial charge in [-0.05, 0) is 72.9 Å². The molecule has 3 saturated heterocycles. The summed E-state index contributed by atoms with van der Waals surface area (Å²) in [6, 6.07) is 6.47. The molecule has 238 valence electrons. The highest BCUT2D eigenvalue weighted by Gasteiger charge is 2.50. The first-order valence-corrected chi connectivity index (χ1v) is 16.1. The van der Waals surface area contributed by atoms with Gasteiger partial charge in [-0.25, -0.2) is 19.7 Å². The maximum Gasteiger partial charge on any atom is 0.319 e. The molecule has 3 aromatic rings. The molecule has 3 aliphatic heterocycles. The summed E-state index contributed by atoms with van der Waals surface area (Å²) in [5.41, 5.74) is 2.12. The average molecular weight is 629 g/mol. The first-order valence-electron chi connectivity index (χ1n) is 16.1. The maximum atomic E-state index is 16.8. The van der Waals surface area contributed by atoms with Gasteiger partial charge in [0.15, 0.2) is 5.82 Å². The van der Waals surface area contributed by atoms with Gasteiger partial charge in [-0.1, -0.05) is 24.8 Å². The molecule has 2 aliphatic carbocycles. The second-order valence-electron chi connectivity index (χ2n) is 13.5. The Morgan fingerprint density at radius 1 is 1.22 bits per heavy atom. The van der Waals surface area contributed by atoms with Gasteiger partial charge in [-0.3, -0.25) is 9.69 Å². The Labute approximate surface area is 265 Å². The van der Waals surface area contributed by atoms with Crippen molar-refractivity contribution >= 4 is 22.6 Å². The quantitative estimate of drug-likeness (QED) is 0.261. The van der Waals surface area contributed by atoms with E-state index in [9.17, 15) is 9.18 Å². The van der Waals surface area contributed by atoms with Crippen LogP contribution in [0.15, 0.2) is 36.9 Å². The zero-order chi connectivity index (χ0) is 31.7. The first kappa shape index (κ1) is 29.2. The van der Waals surface area contributed by atoms with Crippen LogP contribution in [0.1, 0.15) is 42.7 Å². The van der Waals surface area contributed by atoms with E-state index in [1.807, 2.05) is 17.0 Å². The molecule has 0 bridgehead atoms. The van der Waals surface area contributed by atoms with Gasteiger partial charge in [0, 0.05) is 38.0 Å². The molecule has 0 spiro atoms. The number of amides is 1. The van der Waals surface area contributed by atoms with Crippen molar-refractivity contribution < 1.29 is 22.7 Å². The Morgan fingerprint density at radius 3 is 2.91 bits per heavy atom. The summed E-state index contributed by atoms with van der Waals surface area (Å²) in [6.07, 6.45) is 4.34. The van der Waals surface area contributed by atoms with E-state index in [1.54, 1.807) is 11.0 Å². The minimum absolute atomic E-state index is 0.0544. The van der Waals surface area contributed by atoms with Crippen molar-refractivity contribution in [3.8, 4) is 17.1 Å². The molecule has 8 nitrogen and oxygen atoms in total. The molecule has 11 heteroatoms. The number of hydrogen-bond acceptors (Lipinski definition) is 6. The zero-order valence-corrected chi connectivity index (χ0v) is 25.5. The Morgan fingerprint density at radius 2 is 2.09 bits per heavy atom. The third kappa shape index (κ3) is 4.63. The highest BCUT2D eigenvalue weighted by atomic mass is 19.1. The molecular weight excluding hydrogens is 593 g/mol. The van der Waals surface area contributed by atoms with E-state index in [4.69, 9.17) is 16.3 Å². The predicted octanol–water partition coefficient (Wildman–Crippen LogP) is 5.31. The number of piperazine rings is 1. The smallest absolute Gasteiger partial charge is 0.319 e. The summed E-state index contributed by atoms with van der Waals surface area (Å²) in [5.74, 6) is -0.595. The summed E-state index contributed by atoms with van der Waals surface area (Å²) in [7, 11) is 0. The lowest BCUT2D eigenvalue weighted by molar-refractivity contribution is -0.128. The molecule has 4 heterocycles. The van der Waals surface area contributed by atoms with Gasteiger partial charge in [0.2, 0.25) is 12.5 Å². The van der Waals surface area contributed by atoms with Gasteiger partial charge in [0.1, 0.15) is 36.0 Å². The number of halogens is 3. The number of aromatic nitrogens is 2. The van der Waals surface area contributed by atoms with E-state index >= 15 is 8.78 Å². The van der Waals surface area contributed by atoms with E-state index in [0.29, 0.717) is 36.9 Å². The van der Waals surface area contributed by atoms with Crippen LogP contribution < -0.4 is 9.64 Å². The van der Waals surface area contributed by atoms with Crippen LogP contribution in [0.4, 0.5) is 19.0 Å². The molecule has 8 rings (SSSR count). The number of alkyl halides is 1. The molecule has 5 aliphatic rings. The van der Waals surface area contributed by atoms with Crippen LogP contribution in [-0.2, 0) is 11.2 Å². The molecule has 2 unspecified atom stereocenters. The Bertz CT molecular complexity index is 1810. The van der Waals surface area contributed by atoms with Crippen LogP contribution in [0.3, 0.4) is 0 Å². The van der Waals surface area contributed by atoms with Crippen molar-refractivity contribution in [3.63, 3.8) is 0 Å². The van der Waals surface area contributed by atoms with E-state index in [-0.39, 0.29) is 60.4 Å². The molecule has 1 amide bonds. The average Bonchev–Trinajstić information content (AvgIpc) is 3.37. The molecule has 1 saturated carbocycles. The largest absolute Gasteiger partial charge is 0.461 e. The van der Waals surface area contributed by atoms with Gasteiger partial charge in [-0.15, -0.1) is 0 Å². The number of carbonyl (C=O) groups is 1. The lowest BCUT2D eigenvalue weighted by Crippen LogP contribution is -2.56. The van der Waals surface area contributed by atoms with Crippen molar-refractivity contribution in [2.45, 2.75) is 55.8 Å². The summed E-state index contributed by atoms with van der Waals surface area (Å²) in [5, 5.41) is 0.193. The number of hydrogen-bond donors (Lipinski definition) is 0. The first-order chi connectivity index (χ1) is 22.3. The minimum atomic E-state index is -0.937. The number of ether oxygens (including phenoxy) is 1. The summed E-state index contributed by atoms with van der Waals surface area (Å²) in [6.45, 7) is 13.3. The monoisotopic (exact) mass is 628 g/mol. The normalized spacial score (nSPS) is 28.1. The van der Waals surface area contributed by atoms with Gasteiger partial charge < -0.3 is 19.4 Å². The van der Waals surface area contributed by atoms with Crippen LogP contribution >= 0.6 is 0 Å². The SMILES string of the molecule is [C-]#[N+]C[C@H]1CN(c2nc(OC[C@@]34CCCN3C[C@H](F)C4)nc3c(F)c(-c4cccc5c4C4CC4C5)c(F)cc23)CCN1C(=O)C=C. The molecule has 1 aromatic heterocycles. The third-order valence-corrected chi connectivity index (χ3v) is 10.9. The van der Waals surface area contributed by atoms with Crippen molar-refractivity contribution in [1.82, 2.24) is 19.8 Å². The fourth-order valence-corrected chi connectivity index (χ4v) is 8.63. The lowest BCUT2D eigenvalue weighted by Gasteiger charge is -2.39. The number of rotatable bonds is 7. The molecular formula is C35H35F3N6O2. The van der Waals surface area contributed by atoms with Crippen molar-refractivity contribution in [2.24, 2.45) is 5.92 Å². The highest BCUT2D eigenvalue weighted by molar-refractivity contribution is 5.95. The number of benzene rings is 2. The lowest BCUT2D eigenvalue weighted by atomic mass is 9.93. The van der Waals surface area contributed by atoms with Crippen molar-refractivity contribution in [2.75, 3.05) is 50.8 Å². The van der Waals surface area contributed by atoms with E-state index < -0.39 is 29.4 Å². The standard InChI is InChI=1S/C35H35F3N6O2/c1-3-28(45)44-11-10-42(18-23(44)16-39-2)33-26-14-27(37)30(24-7-4-6-20-12-21-13-25(21)29(20)24)31(38)32(26)40-34(41-33)46-19-35-8-5-9-43(35)17-22(36)15-35/h3-4,6-7,14,21-23,25H,1,5,8-13,15-19H2/t21?,22-,23+,25?,35+/m1/s1. The van der Waals surface area contributed by atoms with Gasteiger partial charge in [-0.2, -0.15) is 9.97 Å². The number of carbonyl (C=O) groups excluding carboxylic acids is 1. The van der Waals surface area contributed by atoms with E-state index in [0.717, 1.165) is 43.4 Å². The maximum absolute atomic E-state index is 16.8. The van der Waals surface area contributed by atoms with Crippen LogP contribution in [-0.4, -0.2) is 89.3 Å². The van der Waals surface area contributed by atoms with Gasteiger partial charge >= 0.3 is 6.01 Å². The molecule has 0 N–H and O–H groups in total. The van der Waals surface area contributed by atoms with E-state index in [1.165, 1.54) is 12.1 Å². The number of anilines is 1. The van der Waals surface area contributed by atoms with Crippen LogP contribution in [0.2, 0.25) is 0 Å². The van der Waals surface area contributed by atoms with Gasteiger partial charge in [0.05, 0.1) is 11.1 Å². The van der Waals surface area contributed by atoms with Crippen LogP contribution in [0.5, 0.6) is 6.01 Å². The second kappa shape index (κ2) is 11.0. The Balaban J connectivity index is 1.23. The summed E-state index contributed by atoms with van der Waals surface area (Å²) in [4.78, 5) is 30.9. The minimum Gasteiger partial charge on any atom is -0.461 e. The zero-order valence-electron chi connectivity index (χ0n) is 25.5. The molecule has 4 fully saturated rings. The highest BCUT2D eigenvalue weighted by Crippen LogP contribution is 2.59. The summed E-state index contributed by atoms with van der Waals surface area (Å²) >= 11 is 0. The number of fused-ring (bicyclic) bond motifs is 5. The number of nitrogens with zero attached hydrogens (tertiary/aromatic N) is 6. The third-order valence-electron chi connectivity index (χ3n) is 10.9. The van der Waals surface area contributed by atoms with Crippen LogP contribution in [0.25, 0.3) is 26.9 Å². The second-order valence-corrected chi connectivity index (χ2v) is 13.5. The fraction of sp³-hybridized carbons (Fsp3) is 0.486. The molecule has 2 aromatic carbocycles. The topological polar surface area (TPSA) is 66.2 Å². The van der Waals surface area contributed by atoms with Crippen molar-refractivity contribution in [1.29, 1.82) is 0 Å². The molecule has 5 atom stereocenters.